The van der Waals surface area contributed by atoms with Crippen molar-refractivity contribution < 1.29 is 19.4 Å². The van der Waals surface area contributed by atoms with Gasteiger partial charge >= 0.3 is 12.0 Å². The molecule has 122 valence electrons. The number of hydrogen-bond acceptors (Lipinski definition) is 3. The summed E-state index contributed by atoms with van der Waals surface area (Å²) in [6, 6.07) is -0.0109. The van der Waals surface area contributed by atoms with Crippen molar-refractivity contribution in [1.82, 2.24) is 10.2 Å². The third-order valence-corrected chi connectivity index (χ3v) is 3.55. The Morgan fingerprint density at radius 1 is 1.29 bits per heavy atom. The number of amides is 2. The van der Waals surface area contributed by atoms with Crippen LogP contribution in [0.15, 0.2) is 0 Å². The molecule has 0 atom stereocenters. The lowest BCUT2D eigenvalue weighted by Crippen LogP contribution is -2.46. The number of piperidine rings is 1. The van der Waals surface area contributed by atoms with Crippen LogP contribution in [0.3, 0.4) is 0 Å². The highest BCUT2D eigenvalue weighted by Gasteiger charge is 2.23. The van der Waals surface area contributed by atoms with E-state index in [1.165, 1.54) is 0 Å². The number of carbonyl (C=O) groups excluding carboxylic acids is 1. The number of urea groups is 1. The second-order valence-electron chi connectivity index (χ2n) is 6.74. The maximum Gasteiger partial charge on any atom is 0.317 e. The SMILES string of the molecule is CC(C)(C)CCNC(=O)N1CCC(OCCC(=O)O)CC1. The molecule has 2 amide bonds. The average molecular weight is 300 g/mol. The third kappa shape index (κ3) is 7.90. The van der Waals surface area contributed by atoms with Gasteiger partial charge in [0.1, 0.15) is 0 Å². The van der Waals surface area contributed by atoms with Gasteiger partial charge in [0.25, 0.3) is 0 Å². The summed E-state index contributed by atoms with van der Waals surface area (Å²) >= 11 is 0. The highest BCUT2D eigenvalue weighted by molar-refractivity contribution is 5.74. The van der Waals surface area contributed by atoms with Gasteiger partial charge < -0.3 is 20.1 Å². The predicted octanol–water partition coefficient (Wildman–Crippen LogP) is 2.09. The molecule has 0 unspecified atom stereocenters. The summed E-state index contributed by atoms with van der Waals surface area (Å²) in [5.74, 6) is -0.842. The first kappa shape index (κ1) is 17.8. The van der Waals surface area contributed by atoms with E-state index in [4.69, 9.17) is 9.84 Å². The van der Waals surface area contributed by atoms with Crippen molar-refractivity contribution in [3.8, 4) is 0 Å². The van der Waals surface area contributed by atoms with E-state index < -0.39 is 5.97 Å². The first-order valence-corrected chi connectivity index (χ1v) is 7.64. The maximum absolute atomic E-state index is 12.0. The lowest BCUT2D eigenvalue weighted by molar-refractivity contribution is -0.138. The van der Waals surface area contributed by atoms with Crippen LogP contribution in [-0.2, 0) is 9.53 Å². The van der Waals surface area contributed by atoms with E-state index in [1.807, 2.05) is 0 Å². The largest absolute Gasteiger partial charge is 0.481 e. The number of carboxylic acid groups (broad SMARTS) is 1. The fraction of sp³-hybridized carbons (Fsp3) is 0.867. The number of carboxylic acids is 1. The lowest BCUT2D eigenvalue weighted by Gasteiger charge is -2.32. The number of ether oxygens (including phenoxy) is 1. The number of carbonyl (C=O) groups is 2. The summed E-state index contributed by atoms with van der Waals surface area (Å²) in [5, 5.41) is 11.5. The second kappa shape index (κ2) is 8.22. The third-order valence-electron chi connectivity index (χ3n) is 3.55. The fourth-order valence-electron chi connectivity index (χ4n) is 2.19. The van der Waals surface area contributed by atoms with E-state index in [0.717, 1.165) is 19.3 Å². The highest BCUT2D eigenvalue weighted by Crippen LogP contribution is 2.17. The minimum Gasteiger partial charge on any atom is -0.481 e. The van der Waals surface area contributed by atoms with Gasteiger partial charge in [0.15, 0.2) is 0 Å². The van der Waals surface area contributed by atoms with Crippen LogP contribution in [-0.4, -0.2) is 54.4 Å². The average Bonchev–Trinajstić information content (AvgIpc) is 2.37. The molecular formula is C15H28N2O4. The Labute approximate surface area is 126 Å². The molecule has 0 bridgehead atoms. The Bertz CT molecular complexity index is 344. The molecule has 0 radical (unpaired) electrons. The maximum atomic E-state index is 12.0. The molecule has 21 heavy (non-hydrogen) atoms. The standard InChI is InChI=1S/C15H28N2O4/c1-15(2,3)7-8-16-14(20)17-9-4-12(5-10-17)21-11-6-13(18)19/h12H,4-11H2,1-3H3,(H,16,20)(H,18,19). The molecule has 1 saturated heterocycles. The molecule has 1 rings (SSSR count). The molecular weight excluding hydrogens is 272 g/mol. The van der Waals surface area contributed by atoms with Crippen molar-refractivity contribution in [3.05, 3.63) is 0 Å². The lowest BCUT2D eigenvalue weighted by atomic mass is 9.92. The molecule has 6 heteroatoms. The minimum absolute atomic E-state index is 0.0109. The smallest absolute Gasteiger partial charge is 0.317 e. The van der Waals surface area contributed by atoms with Crippen LogP contribution in [0.25, 0.3) is 0 Å². The zero-order chi connectivity index (χ0) is 15.9. The summed E-state index contributed by atoms with van der Waals surface area (Å²) < 4.78 is 5.51. The zero-order valence-electron chi connectivity index (χ0n) is 13.4. The van der Waals surface area contributed by atoms with Crippen LogP contribution in [0.5, 0.6) is 0 Å². The van der Waals surface area contributed by atoms with Gasteiger partial charge in [0, 0.05) is 19.6 Å². The van der Waals surface area contributed by atoms with E-state index in [1.54, 1.807) is 4.90 Å². The zero-order valence-corrected chi connectivity index (χ0v) is 13.4. The number of rotatable bonds is 6. The minimum atomic E-state index is -0.842. The number of aliphatic carboxylic acids is 1. The summed E-state index contributed by atoms with van der Waals surface area (Å²) in [4.78, 5) is 24.2. The van der Waals surface area contributed by atoms with Gasteiger partial charge in [0.05, 0.1) is 19.1 Å². The second-order valence-corrected chi connectivity index (χ2v) is 6.74. The quantitative estimate of drug-likeness (QED) is 0.787. The first-order chi connectivity index (χ1) is 9.78. The number of hydrogen-bond donors (Lipinski definition) is 2. The topological polar surface area (TPSA) is 78.9 Å². The molecule has 0 aromatic heterocycles. The van der Waals surface area contributed by atoms with E-state index in [0.29, 0.717) is 19.6 Å². The molecule has 6 nitrogen and oxygen atoms in total. The summed E-state index contributed by atoms with van der Waals surface area (Å²) in [6.07, 6.45) is 2.60. The van der Waals surface area contributed by atoms with Crippen LogP contribution in [0.2, 0.25) is 0 Å². The van der Waals surface area contributed by atoms with Crippen molar-refractivity contribution in [2.45, 2.75) is 52.6 Å². The van der Waals surface area contributed by atoms with Gasteiger partial charge in [-0.3, -0.25) is 4.79 Å². The van der Waals surface area contributed by atoms with Crippen LogP contribution in [0.4, 0.5) is 4.79 Å². The summed E-state index contributed by atoms with van der Waals surface area (Å²) in [5.41, 5.74) is 0.220. The van der Waals surface area contributed by atoms with Crippen molar-refractivity contribution in [3.63, 3.8) is 0 Å². The molecule has 0 aromatic rings. The molecule has 1 heterocycles. The van der Waals surface area contributed by atoms with Crippen molar-refractivity contribution in [1.29, 1.82) is 0 Å². The van der Waals surface area contributed by atoms with Gasteiger partial charge in [-0.05, 0) is 24.7 Å². The number of likely N-dealkylation sites (tertiary alicyclic amines) is 1. The number of nitrogens with zero attached hydrogens (tertiary/aromatic N) is 1. The first-order valence-electron chi connectivity index (χ1n) is 7.64. The Morgan fingerprint density at radius 2 is 1.90 bits per heavy atom. The van der Waals surface area contributed by atoms with E-state index in [-0.39, 0.29) is 30.6 Å². The van der Waals surface area contributed by atoms with Gasteiger partial charge in [-0.15, -0.1) is 0 Å². The van der Waals surface area contributed by atoms with E-state index in [9.17, 15) is 9.59 Å². The summed E-state index contributed by atoms with van der Waals surface area (Å²) in [7, 11) is 0. The van der Waals surface area contributed by atoms with E-state index >= 15 is 0 Å². The highest BCUT2D eigenvalue weighted by atomic mass is 16.5. The fourth-order valence-corrected chi connectivity index (χ4v) is 2.19. The van der Waals surface area contributed by atoms with Crippen LogP contribution >= 0.6 is 0 Å². The monoisotopic (exact) mass is 300 g/mol. The van der Waals surface area contributed by atoms with Crippen LogP contribution in [0.1, 0.15) is 46.5 Å². The molecule has 0 spiro atoms. The Balaban J connectivity index is 2.17. The van der Waals surface area contributed by atoms with Gasteiger partial charge in [0.2, 0.25) is 0 Å². The molecule has 0 saturated carbocycles. The molecule has 2 N–H and O–H groups in total. The van der Waals surface area contributed by atoms with Gasteiger partial charge in [-0.2, -0.15) is 0 Å². The van der Waals surface area contributed by atoms with Crippen molar-refractivity contribution in [2.75, 3.05) is 26.2 Å². The molecule has 0 aromatic carbocycles. The molecule has 0 aliphatic carbocycles. The van der Waals surface area contributed by atoms with E-state index in [2.05, 4.69) is 26.1 Å². The van der Waals surface area contributed by atoms with Gasteiger partial charge in [-0.1, -0.05) is 20.8 Å². The van der Waals surface area contributed by atoms with Gasteiger partial charge in [-0.25, -0.2) is 4.79 Å². The Morgan fingerprint density at radius 3 is 2.43 bits per heavy atom. The predicted molar refractivity (Wildman–Crippen MR) is 80.3 cm³/mol. The van der Waals surface area contributed by atoms with Crippen molar-refractivity contribution >= 4 is 12.0 Å². The summed E-state index contributed by atoms with van der Waals surface area (Å²) in [6.45, 7) is 8.73. The van der Waals surface area contributed by atoms with Crippen LogP contribution < -0.4 is 5.32 Å². The Kier molecular flexibility index (Phi) is 6.95. The number of nitrogens with one attached hydrogen (secondary N) is 1. The molecule has 1 aliphatic rings. The molecule has 1 aliphatic heterocycles. The van der Waals surface area contributed by atoms with Crippen molar-refractivity contribution in [2.24, 2.45) is 5.41 Å². The Hall–Kier alpha value is -1.30. The molecule has 1 fully saturated rings. The van der Waals surface area contributed by atoms with Crippen LogP contribution in [0, 0.1) is 5.41 Å². The normalized spacial score (nSPS) is 16.8.